The number of ketones is 1. The van der Waals surface area contributed by atoms with Crippen LogP contribution in [0.15, 0.2) is 72.8 Å². The number of methoxy groups -OCH3 is 1. The first kappa shape index (κ1) is 22.8. The molecule has 1 heterocycles. The van der Waals surface area contributed by atoms with Crippen LogP contribution in [0.2, 0.25) is 0 Å². The number of hydrogen-bond donors (Lipinski definition) is 0. The van der Waals surface area contributed by atoms with Crippen molar-refractivity contribution in [2.45, 2.75) is 12.5 Å². The van der Waals surface area contributed by atoms with Crippen molar-refractivity contribution < 1.29 is 33.0 Å². The summed E-state index contributed by atoms with van der Waals surface area (Å²) < 4.78 is 24.0. The van der Waals surface area contributed by atoms with Crippen molar-refractivity contribution in [2.75, 3.05) is 13.7 Å². The van der Waals surface area contributed by atoms with Gasteiger partial charge in [0.2, 0.25) is 0 Å². The van der Waals surface area contributed by atoms with Gasteiger partial charge in [0.1, 0.15) is 6.04 Å². The summed E-state index contributed by atoms with van der Waals surface area (Å²) in [5.74, 6) is -3.53. The van der Waals surface area contributed by atoms with Crippen LogP contribution in [0.1, 0.15) is 36.6 Å². The molecule has 0 unspecified atom stereocenters. The zero-order valence-corrected chi connectivity index (χ0v) is 18.2. The Morgan fingerprint density at radius 2 is 1.53 bits per heavy atom. The number of carbonyl (C=O) groups excluding carboxylic acids is 4. The Labute approximate surface area is 194 Å². The lowest BCUT2D eigenvalue weighted by atomic mass is 10.0. The van der Waals surface area contributed by atoms with Crippen molar-refractivity contribution in [1.29, 1.82) is 0 Å². The Bertz CT molecular complexity index is 1240. The van der Waals surface area contributed by atoms with Gasteiger partial charge >= 0.3 is 5.97 Å². The molecule has 1 aliphatic heterocycles. The molecule has 8 heteroatoms. The second-order valence-corrected chi connectivity index (χ2v) is 7.61. The minimum absolute atomic E-state index is 0.00793. The molecule has 1 aliphatic rings. The van der Waals surface area contributed by atoms with E-state index in [1.807, 2.05) is 0 Å². The minimum atomic E-state index is -1.28. The van der Waals surface area contributed by atoms with Crippen LogP contribution >= 0.6 is 0 Å². The number of imide groups is 1. The third-order valence-electron chi connectivity index (χ3n) is 5.50. The maximum atomic E-state index is 13.9. The zero-order chi connectivity index (χ0) is 24.2. The summed E-state index contributed by atoms with van der Waals surface area (Å²) in [5, 5.41) is 0. The van der Waals surface area contributed by atoms with Gasteiger partial charge in [-0.2, -0.15) is 0 Å². The van der Waals surface area contributed by atoms with Gasteiger partial charge in [-0.15, -0.1) is 0 Å². The van der Waals surface area contributed by atoms with Gasteiger partial charge in [-0.3, -0.25) is 19.3 Å². The predicted molar refractivity (Wildman–Crippen MR) is 119 cm³/mol. The lowest BCUT2D eigenvalue weighted by Crippen LogP contribution is -2.47. The number of ether oxygens (including phenoxy) is 2. The fraction of sp³-hybridized carbons (Fsp3) is 0.154. The second kappa shape index (κ2) is 9.66. The third kappa shape index (κ3) is 4.43. The highest BCUT2D eigenvalue weighted by molar-refractivity contribution is 6.22. The van der Waals surface area contributed by atoms with Crippen LogP contribution in [0, 0.1) is 5.82 Å². The van der Waals surface area contributed by atoms with E-state index < -0.39 is 42.0 Å². The number of fused-ring (bicyclic) bond motifs is 1. The van der Waals surface area contributed by atoms with Gasteiger partial charge in [-0.05, 0) is 35.9 Å². The van der Waals surface area contributed by atoms with E-state index in [0.29, 0.717) is 5.56 Å². The first-order valence-corrected chi connectivity index (χ1v) is 10.4. The Morgan fingerprint density at radius 3 is 2.12 bits per heavy atom. The molecular weight excluding hydrogens is 441 g/mol. The average molecular weight is 461 g/mol. The molecule has 3 aromatic rings. The number of halogens is 1. The average Bonchev–Trinajstić information content (AvgIpc) is 3.11. The molecule has 2 amide bonds. The molecule has 0 aliphatic carbocycles. The summed E-state index contributed by atoms with van der Waals surface area (Å²) in [6.45, 7) is -0.681. The number of esters is 1. The Morgan fingerprint density at radius 1 is 0.912 bits per heavy atom. The first-order valence-electron chi connectivity index (χ1n) is 10.4. The van der Waals surface area contributed by atoms with E-state index in [1.165, 1.54) is 31.4 Å². The molecule has 1 atom stereocenters. The van der Waals surface area contributed by atoms with Crippen LogP contribution in [0.3, 0.4) is 0 Å². The van der Waals surface area contributed by atoms with Gasteiger partial charge in [0.05, 0.1) is 18.2 Å². The van der Waals surface area contributed by atoms with E-state index in [9.17, 15) is 23.6 Å². The monoisotopic (exact) mass is 461 g/mol. The van der Waals surface area contributed by atoms with E-state index in [0.717, 1.165) is 11.0 Å². The summed E-state index contributed by atoms with van der Waals surface area (Å²) in [5.41, 5.74) is 1.09. The number of carbonyl (C=O) groups is 4. The van der Waals surface area contributed by atoms with E-state index >= 15 is 0 Å². The van der Waals surface area contributed by atoms with Crippen LogP contribution in [0.25, 0.3) is 0 Å². The number of Topliss-reactive ketones (excluding diaryl/α,β-unsaturated/α-hetero) is 1. The van der Waals surface area contributed by atoms with Gasteiger partial charge in [0.25, 0.3) is 11.8 Å². The molecule has 0 saturated carbocycles. The molecule has 3 aromatic carbocycles. The van der Waals surface area contributed by atoms with Crippen molar-refractivity contribution in [3.63, 3.8) is 0 Å². The van der Waals surface area contributed by atoms with Crippen LogP contribution in [-0.4, -0.2) is 48.2 Å². The number of hydrogen-bond acceptors (Lipinski definition) is 6. The molecule has 7 nitrogen and oxygen atoms in total. The van der Waals surface area contributed by atoms with Gasteiger partial charge in [0, 0.05) is 12.0 Å². The highest BCUT2D eigenvalue weighted by Gasteiger charge is 2.43. The number of rotatable bonds is 8. The third-order valence-corrected chi connectivity index (χ3v) is 5.50. The molecule has 172 valence electrons. The van der Waals surface area contributed by atoms with Crippen molar-refractivity contribution in [3.8, 4) is 5.75 Å². The maximum Gasteiger partial charge on any atom is 0.330 e. The predicted octanol–water partition coefficient (Wildman–Crippen LogP) is 3.47. The lowest BCUT2D eigenvalue weighted by molar-refractivity contribution is -0.147. The summed E-state index contributed by atoms with van der Waals surface area (Å²) in [4.78, 5) is 52.4. The first-order chi connectivity index (χ1) is 16.4. The second-order valence-electron chi connectivity index (χ2n) is 7.61. The molecule has 0 saturated heterocycles. The number of nitrogens with zero attached hydrogens (tertiary/aromatic N) is 1. The number of benzene rings is 3. The summed E-state index contributed by atoms with van der Waals surface area (Å²) in [6.07, 6.45) is 0.0104. The molecule has 0 fully saturated rings. The fourth-order valence-corrected chi connectivity index (χ4v) is 3.76. The SMILES string of the molecule is COc1ccc(C(=O)COC(=O)[C@H](Cc2ccccc2)N2C(=O)c3ccccc3C2=O)cc1F. The van der Waals surface area contributed by atoms with Gasteiger partial charge < -0.3 is 9.47 Å². The van der Waals surface area contributed by atoms with E-state index in [-0.39, 0.29) is 28.9 Å². The lowest BCUT2D eigenvalue weighted by Gasteiger charge is -2.24. The highest BCUT2D eigenvalue weighted by atomic mass is 19.1. The minimum Gasteiger partial charge on any atom is -0.494 e. The normalized spacial score (nSPS) is 13.4. The van der Waals surface area contributed by atoms with E-state index in [1.54, 1.807) is 42.5 Å². The molecule has 34 heavy (non-hydrogen) atoms. The Hall–Kier alpha value is -4.33. The van der Waals surface area contributed by atoms with Crippen LogP contribution < -0.4 is 4.74 Å². The van der Waals surface area contributed by atoms with E-state index in [2.05, 4.69) is 0 Å². The standard InChI is InChI=1S/C26H20FNO6/c1-33-23-12-11-17(14-20(23)27)22(29)15-34-26(32)21(13-16-7-3-2-4-8-16)28-24(30)18-9-5-6-10-19(18)25(28)31/h2-12,14,21H,13,15H2,1H3/t21-/m0/s1. The van der Waals surface area contributed by atoms with Crippen molar-refractivity contribution in [3.05, 3.63) is 101 Å². The summed E-state index contributed by atoms with van der Waals surface area (Å²) in [7, 11) is 1.30. The molecule has 4 rings (SSSR count). The molecule has 0 radical (unpaired) electrons. The van der Waals surface area contributed by atoms with Gasteiger partial charge in [0.15, 0.2) is 24.0 Å². The van der Waals surface area contributed by atoms with Crippen molar-refractivity contribution in [1.82, 2.24) is 4.90 Å². The smallest absolute Gasteiger partial charge is 0.330 e. The molecule has 0 bridgehead atoms. The Balaban J connectivity index is 1.55. The summed E-state index contributed by atoms with van der Waals surface area (Å²) in [6, 6.07) is 17.5. The molecule has 0 spiro atoms. The zero-order valence-electron chi connectivity index (χ0n) is 18.2. The fourth-order valence-electron chi connectivity index (χ4n) is 3.76. The largest absolute Gasteiger partial charge is 0.494 e. The van der Waals surface area contributed by atoms with Crippen molar-refractivity contribution >= 4 is 23.6 Å². The quantitative estimate of drug-likeness (QED) is 0.290. The summed E-state index contributed by atoms with van der Waals surface area (Å²) >= 11 is 0. The molecule has 0 aromatic heterocycles. The highest BCUT2D eigenvalue weighted by Crippen LogP contribution is 2.26. The van der Waals surface area contributed by atoms with Crippen LogP contribution in [0.4, 0.5) is 4.39 Å². The Kier molecular flexibility index (Phi) is 6.49. The van der Waals surface area contributed by atoms with Gasteiger partial charge in [-0.25, -0.2) is 9.18 Å². The van der Waals surface area contributed by atoms with Crippen LogP contribution in [0.5, 0.6) is 5.75 Å². The van der Waals surface area contributed by atoms with E-state index in [4.69, 9.17) is 9.47 Å². The van der Waals surface area contributed by atoms with Crippen LogP contribution in [-0.2, 0) is 16.0 Å². The van der Waals surface area contributed by atoms with Gasteiger partial charge in [-0.1, -0.05) is 42.5 Å². The van der Waals surface area contributed by atoms with Crippen molar-refractivity contribution in [2.24, 2.45) is 0 Å². The molecular formula is C26H20FNO6. The number of amides is 2. The maximum absolute atomic E-state index is 13.9. The topological polar surface area (TPSA) is 90.0 Å². The molecule has 0 N–H and O–H groups in total.